The second kappa shape index (κ2) is 6.85. The van der Waals surface area contributed by atoms with E-state index in [0.29, 0.717) is 29.3 Å². The van der Waals surface area contributed by atoms with E-state index in [9.17, 15) is 9.59 Å². The molecule has 0 N–H and O–H groups in total. The molecule has 0 amide bonds. The normalized spacial score (nSPS) is 48.4. The van der Waals surface area contributed by atoms with Crippen LogP contribution in [0.2, 0.25) is 0 Å². The summed E-state index contributed by atoms with van der Waals surface area (Å²) in [4.78, 5) is 24.6. The van der Waals surface area contributed by atoms with Crippen molar-refractivity contribution in [1.29, 1.82) is 0 Å². The highest BCUT2D eigenvalue weighted by Gasteiger charge is 2.66. The number of hydrogen-bond acceptors (Lipinski definition) is 2. The molecular formula is C25H40O2. The highest BCUT2D eigenvalue weighted by Crippen LogP contribution is 2.71. The topological polar surface area (TPSA) is 34.1 Å². The van der Waals surface area contributed by atoms with Gasteiger partial charge in [-0.15, -0.1) is 0 Å². The number of Topliss-reactive ketones (excluding diaryl/α,β-unsaturated/α-hetero) is 1. The van der Waals surface area contributed by atoms with Crippen LogP contribution in [0.15, 0.2) is 11.6 Å². The highest BCUT2D eigenvalue weighted by atomic mass is 16.1. The van der Waals surface area contributed by atoms with E-state index in [1.54, 1.807) is 0 Å². The lowest BCUT2D eigenvalue weighted by atomic mass is 9.45. The number of fused-ring (bicyclic) bond motifs is 5. The van der Waals surface area contributed by atoms with Crippen molar-refractivity contribution in [2.45, 2.75) is 93.4 Å². The van der Waals surface area contributed by atoms with E-state index >= 15 is 0 Å². The van der Waals surface area contributed by atoms with E-state index in [-0.39, 0.29) is 16.2 Å². The number of hydrogen-bond donors (Lipinski definition) is 0. The molecule has 3 fully saturated rings. The molecule has 0 saturated heterocycles. The highest BCUT2D eigenvalue weighted by molar-refractivity contribution is 5.91. The number of allylic oxidation sites excluding steroid dienone is 1. The van der Waals surface area contributed by atoms with E-state index in [2.05, 4.69) is 27.7 Å². The lowest BCUT2D eigenvalue weighted by molar-refractivity contribution is -0.141. The summed E-state index contributed by atoms with van der Waals surface area (Å²) >= 11 is 0. The fraction of sp³-hybridized carbons (Fsp3) is 0.840. The van der Waals surface area contributed by atoms with E-state index in [4.69, 9.17) is 0 Å². The van der Waals surface area contributed by atoms with Crippen LogP contribution in [-0.2, 0) is 9.59 Å². The predicted octanol–water partition coefficient (Wildman–Crippen LogP) is 6.39. The lowest BCUT2D eigenvalue weighted by Crippen LogP contribution is -2.53. The van der Waals surface area contributed by atoms with Crippen molar-refractivity contribution in [2.75, 3.05) is 0 Å². The van der Waals surface area contributed by atoms with Gasteiger partial charge in [-0.1, -0.05) is 47.1 Å². The molecule has 27 heavy (non-hydrogen) atoms. The van der Waals surface area contributed by atoms with Gasteiger partial charge in [0.15, 0.2) is 5.78 Å². The van der Waals surface area contributed by atoms with Crippen molar-refractivity contribution in [3.05, 3.63) is 11.6 Å². The number of carbonyl (C=O) groups excluding carboxylic acids is 2. The van der Waals surface area contributed by atoms with Gasteiger partial charge in [-0.3, -0.25) is 9.59 Å². The second-order valence-corrected chi connectivity index (χ2v) is 10.3. The van der Waals surface area contributed by atoms with Crippen molar-refractivity contribution >= 4 is 11.6 Å². The van der Waals surface area contributed by atoms with E-state index in [1.807, 2.05) is 26.8 Å². The first kappa shape index (κ1) is 20.8. The van der Waals surface area contributed by atoms with Gasteiger partial charge in [-0.25, -0.2) is 0 Å². The average Bonchev–Trinajstić information content (AvgIpc) is 2.85. The van der Waals surface area contributed by atoms with Gasteiger partial charge in [0, 0.05) is 11.8 Å². The van der Waals surface area contributed by atoms with Crippen LogP contribution in [0.3, 0.4) is 0 Å². The minimum Gasteiger partial charge on any atom is -0.299 e. The summed E-state index contributed by atoms with van der Waals surface area (Å²) in [5, 5.41) is 0. The first-order valence-corrected chi connectivity index (χ1v) is 11.4. The summed E-state index contributed by atoms with van der Waals surface area (Å²) in [6.07, 6.45) is 9.70. The molecule has 0 spiro atoms. The molecule has 2 heteroatoms. The third kappa shape index (κ3) is 2.64. The summed E-state index contributed by atoms with van der Waals surface area (Å²) < 4.78 is 0. The molecule has 0 heterocycles. The van der Waals surface area contributed by atoms with Gasteiger partial charge in [0.05, 0.1) is 0 Å². The van der Waals surface area contributed by atoms with Gasteiger partial charge in [0.1, 0.15) is 5.78 Å². The molecule has 4 aliphatic rings. The van der Waals surface area contributed by atoms with Crippen LogP contribution in [0.4, 0.5) is 0 Å². The third-order valence-electron chi connectivity index (χ3n) is 9.86. The Bertz CT molecular complexity index is 661. The van der Waals surface area contributed by atoms with Crippen molar-refractivity contribution in [1.82, 2.24) is 0 Å². The Kier molecular flexibility index (Phi) is 5.28. The molecule has 2 nitrogen and oxygen atoms in total. The fourth-order valence-corrected chi connectivity index (χ4v) is 7.89. The third-order valence-corrected chi connectivity index (χ3v) is 9.86. The Morgan fingerprint density at radius 1 is 1.04 bits per heavy atom. The molecule has 4 aliphatic carbocycles. The molecule has 0 aromatic heterocycles. The van der Waals surface area contributed by atoms with Gasteiger partial charge in [-0.2, -0.15) is 0 Å². The zero-order valence-corrected chi connectivity index (χ0v) is 18.7. The minimum atomic E-state index is -0.164. The van der Waals surface area contributed by atoms with Crippen LogP contribution in [0.1, 0.15) is 93.4 Å². The molecule has 6 unspecified atom stereocenters. The van der Waals surface area contributed by atoms with Crippen LogP contribution in [0, 0.1) is 39.9 Å². The molecule has 0 bridgehead atoms. The molecule has 3 saturated carbocycles. The van der Waals surface area contributed by atoms with Crippen molar-refractivity contribution < 1.29 is 9.59 Å². The van der Waals surface area contributed by atoms with Crippen molar-refractivity contribution in [3.8, 4) is 0 Å². The Morgan fingerprint density at radius 2 is 1.70 bits per heavy atom. The van der Waals surface area contributed by atoms with Crippen LogP contribution in [-0.4, -0.2) is 11.6 Å². The molecule has 0 radical (unpaired) electrons. The summed E-state index contributed by atoms with van der Waals surface area (Å²) in [5.41, 5.74) is 1.66. The van der Waals surface area contributed by atoms with Crippen molar-refractivity contribution in [3.63, 3.8) is 0 Å². The van der Waals surface area contributed by atoms with Crippen LogP contribution in [0.25, 0.3) is 0 Å². The lowest BCUT2D eigenvalue weighted by Gasteiger charge is -2.59. The molecular weight excluding hydrogens is 332 g/mol. The molecule has 7 atom stereocenters. The SMILES string of the molecule is CC.CC(=O)[C@@]1(C)C(C)CC2C3CCC4=CC(=O)CCC4(C)C3CCC21C. The second-order valence-electron chi connectivity index (χ2n) is 10.3. The Hall–Kier alpha value is -0.920. The molecule has 152 valence electrons. The number of ketones is 2. The minimum absolute atomic E-state index is 0.154. The van der Waals surface area contributed by atoms with Crippen molar-refractivity contribution in [2.24, 2.45) is 39.9 Å². The van der Waals surface area contributed by atoms with E-state index in [0.717, 1.165) is 25.2 Å². The van der Waals surface area contributed by atoms with Crippen LogP contribution >= 0.6 is 0 Å². The molecule has 0 aromatic rings. The molecule has 4 rings (SSSR count). The molecule has 0 aliphatic heterocycles. The maximum atomic E-state index is 12.7. The van der Waals surface area contributed by atoms with Crippen LogP contribution < -0.4 is 0 Å². The van der Waals surface area contributed by atoms with E-state index < -0.39 is 0 Å². The summed E-state index contributed by atoms with van der Waals surface area (Å²) in [6.45, 7) is 15.3. The van der Waals surface area contributed by atoms with Gasteiger partial charge in [0.25, 0.3) is 0 Å². The summed E-state index contributed by atoms with van der Waals surface area (Å²) in [5.74, 6) is 3.33. The van der Waals surface area contributed by atoms with Gasteiger partial charge in [0.2, 0.25) is 0 Å². The number of rotatable bonds is 1. The zero-order chi connectivity index (χ0) is 20.2. The van der Waals surface area contributed by atoms with Gasteiger partial charge >= 0.3 is 0 Å². The first-order chi connectivity index (χ1) is 12.6. The van der Waals surface area contributed by atoms with Gasteiger partial charge in [-0.05, 0) is 86.0 Å². The first-order valence-electron chi connectivity index (χ1n) is 11.4. The molecule has 0 aromatic carbocycles. The number of carbonyl (C=O) groups is 2. The predicted molar refractivity (Wildman–Crippen MR) is 111 cm³/mol. The fourth-order valence-electron chi connectivity index (χ4n) is 7.89. The maximum Gasteiger partial charge on any atom is 0.155 e. The van der Waals surface area contributed by atoms with Crippen LogP contribution in [0.5, 0.6) is 0 Å². The Balaban J connectivity index is 0.00000102. The summed E-state index contributed by atoms with van der Waals surface area (Å²) in [7, 11) is 0. The van der Waals surface area contributed by atoms with E-state index in [1.165, 1.54) is 31.3 Å². The monoisotopic (exact) mass is 372 g/mol. The largest absolute Gasteiger partial charge is 0.299 e. The Labute approximate surface area is 166 Å². The van der Waals surface area contributed by atoms with Gasteiger partial charge < -0.3 is 0 Å². The zero-order valence-electron chi connectivity index (χ0n) is 18.7. The maximum absolute atomic E-state index is 12.7. The summed E-state index contributed by atoms with van der Waals surface area (Å²) in [6, 6.07) is 0. The Morgan fingerprint density at radius 3 is 2.33 bits per heavy atom. The average molecular weight is 373 g/mol. The standard InChI is InChI=1S/C23H34O2.C2H6/c1-14-12-20-18-7-6-16-13-17(25)8-10-21(16,3)19(18)9-11-22(20,4)23(14,5)15(2)24;1-2/h13-14,18-20H,6-12H2,1-5H3;1-2H3/t14?,18?,19?,20?,21?,22?,23-;/m1./s1. The quantitative estimate of drug-likeness (QED) is 0.535. The smallest absolute Gasteiger partial charge is 0.155 e.